The number of nitro benzene ring substituents is 1. The molecular weight excluding hydrogens is 472 g/mol. The first-order valence-electron chi connectivity index (χ1n) is 11.0. The molecule has 0 aliphatic heterocycles. The lowest BCUT2D eigenvalue weighted by Gasteiger charge is -2.10. The van der Waals surface area contributed by atoms with E-state index < -0.39 is 10.9 Å². The number of amides is 1. The highest BCUT2D eigenvalue weighted by Gasteiger charge is 2.25. The predicted molar refractivity (Wildman–Crippen MR) is 133 cm³/mol. The topological polar surface area (TPSA) is 117 Å². The molecule has 0 saturated carbocycles. The van der Waals surface area contributed by atoms with Gasteiger partial charge in [0.1, 0.15) is 22.1 Å². The molecule has 184 valence electrons. The van der Waals surface area contributed by atoms with E-state index in [1.807, 2.05) is 6.92 Å². The van der Waals surface area contributed by atoms with Crippen molar-refractivity contribution in [2.24, 2.45) is 0 Å². The van der Waals surface area contributed by atoms with Crippen LogP contribution in [0.2, 0.25) is 0 Å². The van der Waals surface area contributed by atoms with Crippen molar-refractivity contribution in [2.75, 3.05) is 25.6 Å². The standard InChI is InChI=1S/C25H26N2O7S/c1-4-33-25(29)23-22(17-7-9-18(10-8-17)27(30)31)16(2)35-24(23)26-21(28)6-5-15-34-20-13-11-19(32-3)12-14-20/h7-14H,4-6,15H2,1-3H3,(H,26,28). The monoisotopic (exact) mass is 498 g/mol. The second-order valence-corrected chi connectivity index (χ2v) is 8.66. The summed E-state index contributed by atoms with van der Waals surface area (Å²) >= 11 is 1.26. The third-order valence-corrected chi connectivity index (χ3v) is 6.08. The van der Waals surface area contributed by atoms with E-state index in [1.165, 1.54) is 23.5 Å². The van der Waals surface area contributed by atoms with Gasteiger partial charge in [0.05, 0.1) is 25.2 Å². The molecule has 9 nitrogen and oxygen atoms in total. The number of aryl methyl sites for hydroxylation is 1. The Morgan fingerprint density at radius 1 is 1.06 bits per heavy atom. The number of nitrogens with zero attached hydrogens (tertiary/aromatic N) is 1. The Bertz CT molecular complexity index is 1190. The Kier molecular flexibility index (Phi) is 8.80. The number of carbonyl (C=O) groups excluding carboxylic acids is 2. The van der Waals surface area contributed by atoms with E-state index >= 15 is 0 Å². The van der Waals surface area contributed by atoms with Crippen molar-refractivity contribution in [1.82, 2.24) is 0 Å². The van der Waals surface area contributed by atoms with Gasteiger partial charge in [0.2, 0.25) is 5.91 Å². The maximum Gasteiger partial charge on any atom is 0.341 e. The molecule has 0 saturated heterocycles. The van der Waals surface area contributed by atoms with Crippen LogP contribution in [0.3, 0.4) is 0 Å². The van der Waals surface area contributed by atoms with Gasteiger partial charge in [-0.3, -0.25) is 14.9 Å². The molecule has 2 aromatic carbocycles. The summed E-state index contributed by atoms with van der Waals surface area (Å²) in [4.78, 5) is 36.7. The maximum absolute atomic E-state index is 12.8. The lowest BCUT2D eigenvalue weighted by atomic mass is 10.0. The van der Waals surface area contributed by atoms with Crippen molar-refractivity contribution in [3.8, 4) is 22.6 Å². The molecule has 1 heterocycles. The molecule has 1 aromatic heterocycles. The van der Waals surface area contributed by atoms with Gasteiger partial charge in [-0.2, -0.15) is 0 Å². The van der Waals surface area contributed by atoms with Crippen LogP contribution in [0.25, 0.3) is 11.1 Å². The minimum atomic E-state index is -0.566. The summed E-state index contributed by atoms with van der Waals surface area (Å²) in [7, 11) is 1.59. The van der Waals surface area contributed by atoms with Crippen molar-refractivity contribution in [3.63, 3.8) is 0 Å². The number of carbonyl (C=O) groups is 2. The number of ether oxygens (including phenoxy) is 3. The van der Waals surface area contributed by atoms with E-state index in [0.29, 0.717) is 34.9 Å². The van der Waals surface area contributed by atoms with Crippen LogP contribution in [-0.2, 0) is 9.53 Å². The number of non-ortho nitro benzene ring substituents is 1. The zero-order valence-corrected chi connectivity index (χ0v) is 20.5. The van der Waals surface area contributed by atoms with Crippen LogP contribution in [0, 0.1) is 17.0 Å². The Morgan fingerprint density at radius 2 is 1.71 bits per heavy atom. The lowest BCUT2D eigenvalue weighted by Crippen LogP contribution is -2.15. The molecule has 1 amide bonds. The van der Waals surface area contributed by atoms with Crippen molar-refractivity contribution in [3.05, 3.63) is 69.1 Å². The minimum Gasteiger partial charge on any atom is -0.497 e. The number of anilines is 1. The number of nitro groups is 1. The zero-order valence-electron chi connectivity index (χ0n) is 19.7. The number of hydrogen-bond donors (Lipinski definition) is 1. The van der Waals surface area contributed by atoms with E-state index in [-0.39, 0.29) is 30.2 Å². The van der Waals surface area contributed by atoms with Gasteiger partial charge in [-0.1, -0.05) is 0 Å². The van der Waals surface area contributed by atoms with Crippen molar-refractivity contribution in [1.29, 1.82) is 0 Å². The number of nitrogens with one attached hydrogen (secondary N) is 1. The highest BCUT2D eigenvalue weighted by atomic mass is 32.1. The maximum atomic E-state index is 12.8. The summed E-state index contributed by atoms with van der Waals surface area (Å²) < 4.78 is 16.0. The van der Waals surface area contributed by atoms with Crippen molar-refractivity contribution >= 4 is 33.9 Å². The lowest BCUT2D eigenvalue weighted by molar-refractivity contribution is -0.384. The van der Waals surface area contributed by atoms with Gasteiger partial charge in [-0.05, 0) is 62.2 Å². The smallest absolute Gasteiger partial charge is 0.341 e. The number of rotatable bonds is 11. The molecule has 3 aromatic rings. The predicted octanol–water partition coefficient (Wildman–Crippen LogP) is 5.61. The Morgan fingerprint density at radius 3 is 2.31 bits per heavy atom. The minimum absolute atomic E-state index is 0.0512. The van der Waals surface area contributed by atoms with Crippen LogP contribution in [0.5, 0.6) is 11.5 Å². The highest BCUT2D eigenvalue weighted by molar-refractivity contribution is 7.17. The molecule has 0 aliphatic rings. The number of methoxy groups -OCH3 is 1. The van der Waals surface area contributed by atoms with Crippen LogP contribution in [0.15, 0.2) is 48.5 Å². The zero-order chi connectivity index (χ0) is 25.4. The third kappa shape index (κ3) is 6.57. The largest absolute Gasteiger partial charge is 0.497 e. The average molecular weight is 499 g/mol. The van der Waals surface area contributed by atoms with Gasteiger partial charge in [0.25, 0.3) is 5.69 Å². The highest BCUT2D eigenvalue weighted by Crippen LogP contribution is 2.41. The molecule has 10 heteroatoms. The molecule has 0 radical (unpaired) electrons. The van der Waals surface area contributed by atoms with Crippen LogP contribution >= 0.6 is 11.3 Å². The first-order valence-corrected chi connectivity index (χ1v) is 11.8. The third-order valence-electron chi connectivity index (χ3n) is 5.06. The van der Waals surface area contributed by atoms with E-state index in [2.05, 4.69) is 5.32 Å². The number of thiophene rings is 1. The van der Waals surface area contributed by atoms with Crippen LogP contribution < -0.4 is 14.8 Å². The number of benzene rings is 2. The van der Waals surface area contributed by atoms with Gasteiger partial charge < -0.3 is 19.5 Å². The quantitative estimate of drug-likeness (QED) is 0.158. The average Bonchev–Trinajstić information content (AvgIpc) is 3.17. The summed E-state index contributed by atoms with van der Waals surface area (Å²) in [6.45, 7) is 4.04. The fourth-order valence-electron chi connectivity index (χ4n) is 3.41. The van der Waals surface area contributed by atoms with Gasteiger partial charge in [0, 0.05) is 29.0 Å². The molecule has 0 bridgehead atoms. The number of esters is 1. The second kappa shape index (κ2) is 12.0. The van der Waals surface area contributed by atoms with Gasteiger partial charge >= 0.3 is 5.97 Å². The molecule has 1 N–H and O–H groups in total. The summed E-state index contributed by atoms with van der Waals surface area (Å²) in [5.74, 6) is 0.583. The van der Waals surface area contributed by atoms with Gasteiger partial charge in [-0.15, -0.1) is 11.3 Å². The Labute approximate surface area is 206 Å². The van der Waals surface area contributed by atoms with Crippen LogP contribution in [0.1, 0.15) is 35.0 Å². The summed E-state index contributed by atoms with van der Waals surface area (Å²) in [6, 6.07) is 13.1. The van der Waals surface area contributed by atoms with E-state index in [4.69, 9.17) is 14.2 Å². The van der Waals surface area contributed by atoms with Gasteiger partial charge in [0.15, 0.2) is 0 Å². The Hall–Kier alpha value is -3.92. The molecule has 35 heavy (non-hydrogen) atoms. The van der Waals surface area contributed by atoms with Crippen molar-refractivity contribution in [2.45, 2.75) is 26.7 Å². The molecule has 3 rings (SSSR count). The summed E-state index contributed by atoms with van der Waals surface area (Å²) in [5, 5.41) is 14.2. The van der Waals surface area contributed by atoms with E-state index in [9.17, 15) is 19.7 Å². The Balaban J connectivity index is 1.70. The fraction of sp³-hybridized carbons (Fsp3) is 0.280. The summed E-state index contributed by atoms with van der Waals surface area (Å²) in [6.07, 6.45) is 0.675. The normalized spacial score (nSPS) is 10.5. The molecule has 0 aliphatic carbocycles. The van der Waals surface area contributed by atoms with Crippen LogP contribution in [-0.4, -0.2) is 37.1 Å². The van der Waals surface area contributed by atoms with E-state index in [1.54, 1.807) is 50.4 Å². The van der Waals surface area contributed by atoms with Crippen LogP contribution in [0.4, 0.5) is 10.7 Å². The fourth-order valence-corrected chi connectivity index (χ4v) is 4.49. The molecule has 0 spiro atoms. The number of hydrogen-bond acceptors (Lipinski definition) is 8. The molecule has 0 unspecified atom stereocenters. The van der Waals surface area contributed by atoms with E-state index in [0.717, 1.165) is 10.6 Å². The van der Waals surface area contributed by atoms with Crippen molar-refractivity contribution < 1.29 is 28.7 Å². The summed E-state index contributed by atoms with van der Waals surface area (Å²) in [5.41, 5.74) is 1.40. The molecule has 0 fully saturated rings. The van der Waals surface area contributed by atoms with Gasteiger partial charge in [-0.25, -0.2) is 4.79 Å². The first-order chi connectivity index (χ1) is 16.8. The first kappa shape index (κ1) is 25.7. The SMILES string of the molecule is CCOC(=O)c1c(NC(=O)CCCOc2ccc(OC)cc2)sc(C)c1-c1ccc([N+](=O)[O-])cc1. The second-order valence-electron chi connectivity index (χ2n) is 7.44. The molecule has 0 atom stereocenters. The molecular formula is C25H26N2O7S.